The highest BCUT2D eigenvalue weighted by molar-refractivity contribution is 5.57. The quantitative estimate of drug-likeness (QED) is 0.638. The zero-order chi connectivity index (χ0) is 17.1. The Balaban J connectivity index is 1.57. The first-order valence-electron chi connectivity index (χ1n) is 10.9. The summed E-state index contributed by atoms with van der Waals surface area (Å²) in [6.07, 6.45) is 15.1. The Hall–Kier alpha value is -1.02. The van der Waals surface area contributed by atoms with Gasteiger partial charge in [0.25, 0.3) is 0 Å². The molecule has 25 heavy (non-hydrogen) atoms. The zero-order valence-corrected chi connectivity index (χ0v) is 15.9. The molecule has 2 heterocycles. The van der Waals surface area contributed by atoms with Gasteiger partial charge in [-0.25, -0.2) is 0 Å². The van der Waals surface area contributed by atoms with Crippen molar-refractivity contribution >= 4 is 5.69 Å². The molecule has 2 fully saturated rings. The van der Waals surface area contributed by atoms with Crippen LogP contribution in [0.4, 0.5) is 5.69 Å². The molecule has 1 N–H and O–H groups in total. The van der Waals surface area contributed by atoms with Crippen LogP contribution in [-0.4, -0.2) is 12.6 Å². The molecule has 0 spiro atoms. The van der Waals surface area contributed by atoms with Gasteiger partial charge < -0.3 is 10.1 Å². The van der Waals surface area contributed by atoms with Gasteiger partial charge in [0.1, 0.15) is 0 Å². The Kier molecular flexibility index (Phi) is 5.65. The van der Waals surface area contributed by atoms with Crippen molar-refractivity contribution in [1.82, 2.24) is 0 Å². The van der Waals surface area contributed by atoms with Crippen LogP contribution in [0.15, 0.2) is 18.2 Å². The molecule has 1 saturated heterocycles. The molecular weight excluding hydrogens is 306 g/mol. The summed E-state index contributed by atoms with van der Waals surface area (Å²) in [5, 5.41) is 3.98. The lowest BCUT2D eigenvalue weighted by Gasteiger charge is -2.47. The van der Waals surface area contributed by atoms with Gasteiger partial charge in [0.15, 0.2) is 0 Å². The number of benzene rings is 1. The topological polar surface area (TPSA) is 21.3 Å². The third-order valence-corrected chi connectivity index (χ3v) is 6.80. The first-order valence-corrected chi connectivity index (χ1v) is 10.9. The highest BCUT2D eigenvalue weighted by atomic mass is 16.5. The molecule has 0 aromatic heterocycles. The second kappa shape index (κ2) is 8.12. The largest absolute Gasteiger partial charge is 0.381 e. The van der Waals surface area contributed by atoms with E-state index in [1.54, 1.807) is 0 Å². The van der Waals surface area contributed by atoms with E-state index in [1.165, 1.54) is 87.4 Å². The summed E-state index contributed by atoms with van der Waals surface area (Å²) in [4.78, 5) is 0. The second-order valence-electron chi connectivity index (χ2n) is 8.54. The highest BCUT2D eigenvalue weighted by Crippen LogP contribution is 2.47. The number of ether oxygens (including phenoxy) is 1. The average molecular weight is 342 g/mol. The van der Waals surface area contributed by atoms with Gasteiger partial charge in [-0.15, -0.1) is 0 Å². The van der Waals surface area contributed by atoms with Crippen LogP contribution in [0.2, 0.25) is 0 Å². The summed E-state index contributed by atoms with van der Waals surface area (Å²) in [6, 6.07) is 7.78. The van der Waals surface area contributed by atoms with Crippen molar-refractivity contribution in [3.8, 4) is 0 Å². The van der Waals surface area contributed by atoms with Crippen LogP contribution in [0.5, 0.6) is 0 Å². The Morgan fingerprint density at radius 2 is 1.92 bits per heavy atom. The van der Waals surface area contributed by atoms with Gasteiger partial charge in [-0.05, 0) is 56.1 Å². The maximum absolute atomic E-state index is 6.37. The first-order chi connectivity index (χ1) is 12.4. The molecule has 1 unspecified atom stereocenters. The number of anilines is 1. The van der Waals surface area contributed by atoms with Crippen molar-refractivity contribution in [2.75, 3.05) is 11.9 Å². The summed E-state index contributed by atoms with van der Waals surface area (Å²) in [5.41, 5.74) is 4.31. The summed E-state index contributed by atoms with van der Waals surface area (Å²) < 4.78 is 6.37. The van der Waals surface area contributed by atoms with Gasteiger partial charge in [0.2, 0.25) is 0 Å². The van der Waals surface area contributed by atoms with Gasteiger partial charge in [0, 0.05) is 29.8 Å². The normalized spacial score (nSPS) is 29.6. The van der Waals surface area contributed by atoms with E-state index in [0.29, 0.717) is 18.1 Å². The van der Waals surface area contributed by atoms with E-state index < -0.39 is 0 Å². The molecule has 3 aliphatic rings. The minimum Gasteiger partial charge on any atom is -0.381 e. The fraction of sp³-hybridized carbons (Fsp3) is 0.739. The second-order valence-corrected chi connectivity index (χ2v) is 8.54. The lowest BCUT2D eigenvalue weighted by atomic mass is 9.71. The van der Waals surface area contributed by atoms with E-state index >= 15 is 0 Å². The lowest BCUT2D eigenvalue weighted by molar-refractivity contribution is -0.0458. The highest BCUT2D eigenvalue weighted by Gasteiger charge is 2.42. The number of aryl methyl sites for hydroxylation is 1. The van der Waals surface area contributed by atoms with Gasteiger partial charge >= 0.3 is 0 Å². The summed E-state index contributed by atoms with van der Waals surface area (Å²) >= 11 is 0. The number of hydrogen-bond donors (Lipinski definition) is 1. The maximum Gasteiger partial charge on any atom is 0.0892 e. The molecule has 1 aromatic carbocycles. The van der Waals surface area contributed by atoms with Gasteiger partial charge in [-0.1, -0.05) is 51.2 Å². The standard InChI is InChI=1S/C23H35NO/c1-2-3-5-9-17-13-14-21-20(16-17)23-19(12-8-15-25-23)22(24-21)18-10-6-4-7-11-18/h13-14,16,18-19,22-24H,2-12,15H2,1H3/t19-,22-,23?/m0/s1. The third-order valence-electron chi connectivity index (χ3n) is 6.80. The molecule has 138 valence electrons. The molecular formula is C23H35NO. The van der Waals surface area contributed by atoms with E-state index in [0.717, 1.165) is 12.5 Å². The van der Waals surface area contributed by atoms with Crippen molar-refractivity contribution in [2.45, 2.75) is 89.7 Å². The molecule has 2 heteroatoms. The van der Waals surface area contributed by atoms with Crippen molar-refractivity contribution in [2.24, 2.45) is 11.8 Å². The van der Waals surface area contributed by atoms with Gasteiger partial charge in [-0.3, -0.25) is 0 Å². The first kappa shape index (κ1) is 17.4. The molecule has 1 saturated carbocycles. The zero-order valence-electron chi connectivity index (χ0n) is 15.9. The Morgan fingerprint density at radius 1 is 1.04 bits per heavy atom. The molecule has 4 rings (SSSR count). The molecule has 0 bridgehead atoms. The Morgan fingerprint density at radius 3 is 2.76 bits per heavy atom. The molecule has 2 aliphatic heterocycles. The predicted molar refractivity (Wildman–Crippen MR) is 105 cm³/mol. The predicted octanol–water partition coefficient (Wildman–Crippen LogP) is 6.26. The van der Waals surface area contributed by atoms with E-state index in [4.69, 9.17) is 4.74 Å². The minimum absolute atomic E-state index is 0.336. The molecule has 1 aliphatic carbocycles. The summed E-state index contributed by atoms with van der Waals surface area (Å²) in [5.74, 6) is 1.52. The Labute approximate surface area is 153 Å². The van der Waals surface area contributed by atoms with E-state index in [2.05, 4.69) is 30.4 Å². The van der Waals surface area contributed by atoms with Crippen LogP contribution in [0.25, 0.3) is 0 Å². The van der Waals surface area contributed by atoms with Gasteiger partial charge in [0.05, 0.1) is 6.10 Å². The minimum atomic E-state index is 0.336. The molecule has 1 aromatic rings. The fourth-order valence-corrected chi connectivity index (χ4v) is 5.45. The molecule has 0 amide bonds. The van der Waals surface area contributed by atoms with Gasteiger partial charge in [-0.2, -0.15) is 0 Å². The fourth-order valence-electron chi connectivity index (χ4n) is 5.45. The Bertz CT molecular complexity index is 563. The SMILES string of the molecule is CCCCCc1ccc2c(c1)C1OCCC[C@H]1[C@H](C1CCCCC1)N2. The van der Waals surface area contributed by atoms with Crippen LogP contribution in [0, 0.1) is 11.8 Å². The van der Waals surface area contributed by atoms with Crippen LogP contribution in [0.1, 0.15) is 88.4 Å². The molecule has 2 nitrogen and oxygen atoms in total. The summed E-state index contributed by atoms with van der Waals surface area (Å²) in [7, 11) is 0. The lowest BCUT2D eigenvalue weighted by Crippen LogP contribution is -2.46. The molecule has 0 radical (unpaired) electrons. The summed E-state index contributed by atoms with van der Waals surface area (Å²) in [6.45, 7) is 3.22. The molecule has 3 atom stereocenters. The number of rotatable bonds is 5. The van der Waals surface area contributed by atoms with Crippen LogP contribution < -0.4 is 5.32 Å². The van der Waals surface area contributed by atoms with Crippen LogP contribution in [-0.2, 0) is 11.2 Å². The number of fused-ring (bicyclic) bond motifs is 3. The third kappa shape index (κ3) is 3.74. The maximum atomic E-state index is 6.37. The average Bonchev–Trinajstić information content (AvgIpc) is 2.68. The van der Waals surface area contributed by atoms with Crippen molar-refractivity contribution < 1.29 is 4.74 Å². The van der Waals surface area contributed by atoms with Crippen LogP contribution >= 0.6 is 0 Å². The van der Waals surface area contributed by atoms with Crippen molar-refractivity contribution in [3.63, 3.8) is 0 Å². The van der Waals surface area contributed by atoms with Crippen molar-refractivity contribution in [1.29, 1.82) is 0 Å². The van der Waals surface area contributed by atoms with E-state index in [9.17, 15) is 0 Å². The van der Waals surface area contributed by atoms with E-state index in [-0.39, 0.29) is 0 Å². The monoisotopic (exact) mass is 341 g/mol. The number of unbranched alkanes of at least 4 members (excludes halogenated alkanes) is 2. The van der Waals surface area contributed by atoms with E-state index in [1.807, 2.05) is 0 Å². The smallest absolute Gasteiger partial charge is 0.0892 e. The van der Waals surface area contributed by atoms with Crippen LogP contribution in [0.3, 0.4) is 0 Å². The number of nitrogens with one attached hydrogen (secondary N) is 1. The number of hydrogen-bond acceptors (Lipinski definition) is 2. The van der Waals surface area contributed by atoms with Crippen molar-refractivity contribution in [3.05, 3.63) is 29.3 Å².